The normalized spacial score (nSPS) is 14.9. The first-order valence-corrected chi connectivity index (χ1v) is 5.67. The maximum atomic E-state index is 9.27. The van der Waals surface area contributed by atoms with Gasteiger partial charge in [-0.25, -0.2) is 0 Å². The van der Waals surface area contributed by atoms with Crippen molar-refractivity contribution in [2.24, 2.45) is 0 Å². The molecule has 0 saturated heterocycles. The molecule has 0 bridgehead atoms. The van der Waals surface area contributed by atoms with Crippen LogP contribution < -0.4 is 5.32 Å². The summed E-state index contributed by atoms with van der Waals surface area (Å²) in [5, 5.41) is 12.7. The summed E-state index contributed by atoms with van der Waals surface area (Å²) in [6.45, 7) is 4.49. The average molecular weight is 207 g/mol. The molecule has 0 aliphatic heterocycles. The summed E-state index contributed by atoms with van der Waals surface area (Å²) >= 11 is 0. The lowest BCUT2D eigenvalue weighted by molar-refractivity contribution is 0.231. The van der Waals surface area contributed by atoms with Gasteiger partial charge in [0.15, 0.2) is 0 Å². The topological polar surface area (TPSA) is 32.3 Å². The van der Waals surface area contributed by atoms with Gasteiger partial charge in [0.2, 0.25) is 0 Å². The van der Waals surface area contributed by atoms with E-state index < -0.39 is 0 Å². The summed E-state index contributed by atoms with van der Waals surface area (Å²) in [6, 6.07) is 10.9. The Balaban J connectivity index is 2.47. The van der Waals surface area contributed by atoms with Crippen molar-refractivity contribution in [1.82, 2.24) is 5.32 Å². The van der Waals surface area contributed by atoms with Gasteiger partial charge < -0.3 is 10.4 Å². The van der Waals surface area contributed by atoms with E-state index in [0.717, 1.165) is 12.8 Å². The van der Waals surface area contributed by atoms with Crippen LogP contribution in [0.25, 0.3) is 0 Å². The average Bonchev–Trinajstić information content (AvgIpc) is 2.29. The fourth-order valence-electron chi connectivity index (χ4n) is 1.60. The third-order valence-corrected chi connectivity index (χ3v) is 2.68. The summed E-state index contributed by atoms with van der Waals surface area (Å²) in [5.74, 6) is 0. The second-order valence-electron chi connectivity index (χ2n) is 4.05. The summed E-state index contributed by atoms with van der Waals surface area (Å²) in [5.41, 5.74) is 1.27. The van der Waals surface area contributed by atoms with Gasteiger partial charge in [0.05, 0.1) is 6.61 Å². The first kappa shape index (κ1) is 12.2. The molecule has 1 aromatic rings. The number of hydrogen-bond acceptors (Lipinski definition) is 2. The molecule has 1 aromatic carbocycles. The molecule has 0 radical (unpaired) electrons. The number of rotatable bonds is 6. The van der Waals surface area contributed by atoms with Crippen LogP contribution in [0.4, 0.5) is 0 Å². The fourth-order valence-corrected chi connectivity index (χ4v) is 1.60. The summed E-state index contributed by atoms with van der Waals surface area (Å²) in [4.78, 5) is 0. The zero-order valence-electron chi connectivity index (χ0n) is 9.61. The van der Waals surface area contributed by atoms with Gasteiger partial charge in [0, 0.05) is 12.1 Å². The minimum absolute atomic E-state index is 0.169. The molecule has 0 aliphatic rings. The monoisotopic (exact) mass is 207 g/mol. The highest BCUT2D eigenvalue weighted by Gasteiger charge is 2.10. The Morgan fingerprint density at radius 2 is 1.93 bits per heavy atom. The maximum absolute atomic E-state index is 9.27. The van der Waals surface area contributed by atoms with E-state index in [4.69, 9.17) is 0 Å². The first-order chi connectivity index (χ1) is 7.26. The number of hydrogen-bond donors (Lipinski definition) is 2. The molecule has 1 unspecified atom stereocenters. The molecule has 84 valence electrons. The summed E-state index contributed by atoms with van der Waals surface area (Å²) < 4.78 is 0. The molecule has 15 heavy (non-hydrogen) atoms. The molecule has 0 spiro atoms. The Morgan fingerprint density at radius 1 is 1.27 bits per heavy atom. The zero-order chi connectivity index (χ0) is 11.1. The van der Waals surface area contributed by atoms with Gasteiger partial charge in [-0.1, -0.05) is 37.3 Å². The number of aliphatic hydroxyl groups is 1. The maximum Gasteiger partial charge on any atom is 0.0587 e. The van der Waals surface area contributed by atoms with Crippen LogP contribution in [0.5, 0.6) is 0 Å². The van der Waals surface area contributed by atoms with Crippen LogP contribution in [0.1, 0.15) is 25.8 Å². The minimum atomic E-state index is 0.169. The highest BCUT2D eigenvalue weighted by Crippen LogP contribution is 2.04. The summed E-state index contributed by atoms with van der Waals surface area (Å²) in [6.07, 6.45) is 1.98. The third kappa shape index (κ3) is 4.45. The molecule has 2 N–H and O–H groups in total. The number of nitrogens with one attached hydrogen (secondary N) is 1. The third-order valence-electron chi connectivity index (χ3n) is 2.68. The van der Waals surface area contributed by atoms with E-state index in [1.807, 2.05) is 18.2 Å². The quantitative estimate of drug-likeness (QED) is 0.747. The van der Waals surface area contributed by atoms with Gasteiger partial charge in [-0.3, -0.25) is 0 Å². The molecule has 0 aliphatic carbocycles. The van der Waals surface area contributed by atoms with Gasteiger partial charge in [-0.05, 0) is 25.3 Å². The predicted molar refractivity (Wildman–Crippen MR) is 63.9 cm³/mol. The van der Waals surface area contributed by atoms with Crippen LogP contribution in [-0.2, 0) is 6.42 Å². The Hall–Kier alpha value is -0.860. The SMILES string of the molecule is CCC(C)N[C@H](CO)Cc1ccccc1. The fraction of sp³-hybridized carbons (Fsp3) is 0.538. The summed E-state index contributed by atoms with van der Waals surface area (Å²) in [7, 11) is 0. The number of benzene rings is 1. The molecular formula is C13H21NO. The first-order valence-electron chi connectivity index (χ1n) is 5.67. The van der Waals surface area contributed by atoms with Crippen molar-refractivity contribution in [2.45, 2.75) is 38.8 Å². The van der Waals surface area contributed by atoms with Crippen LogP contribution in [0.3, 0.4) is 0 Å². The lowest BCUT2D eigenvalue weighted by atomic mass is 10.1. The molecule has 0 fully saturated rings. The van der Waals surface area contributed by atoms with E-state index in [-0.39, 0.29) is 12.6 Å². The van der Waals surface area contributed by atoms with Crippen LogP contribution in [0, 0.1) is 0 Å². The Kier molecular flexibility index (Phi) is 5.37. The minimum Gasteiger partial charge on any atom is -0.395 e. The van der Waals surface area contributed by atoms with Gasteiger partial charge in [-0.2, -0.15) is 0 Å². The van der Waals surface area contributed by atoms with Crippen LogP contribution in [0.2, 0.25) is 0 Å². The van der Waals surface area contributed by atoms with Gasteiger partial charge in [0.1, 0.15) is 0 Å². The zero-order valence-corrected chi connectivity index (χ0v) is 9.61. The van der Waals surface area contributed by atoms with E-state index in [9.17, 15) is 5.11 Å². The largest absolute Gasteiger partial charge is 0.395 e. The lowest BCUT2D eigenvalue weighted by Crippen LogP contribution is -2.40. The highest BCUT2D eigenvalue weighted by atomic mass is 16.3. The van der Waals surface area contributed by atoms with E-state index in [0.29, 0.717) is 6.04 Å². The van der Waals surface area contributed by atoms with Crippen LogP contribution in [-0.4, -0.2) is 23.8 Å². The predicted octanol–water partition coefficient (Wildman–Crippen LogP) is 1.98. The standard InChI is InChI=1S/C13H21NO/c1-3-11(2)14-13(10-15)9-12-7-5-4-6-8-12/h4-8,11,13-15H,3,9-10H2,1-2H3/t11?,13-/m0/s1. The van der Waals surface area contributed by atoms with Crippen molar-refractivity contribution in [2.75, 3.05) is 6.61 Å². The Bertz CT molecular complexity index is 260. The molecule has 0 saturated carbocycles. The molecule has 0 heterocycles. The van der Waals surface area contributed by atoms with E-state index in [1.165, 1.54) is 5.56 Å². The molecule has 0 amide bonds. The van der Waals surface area contributed by atoms with Crippen LogP contribution in [0.15, 0.2) is 30.3 Å². The Morgan fingerprint density at radius 3 is 2.47 bits per heavy atom. The second kappa shape index (κ2) is 6.59. The smallest absolute Gasteiger partial charge is 0.0587 e. The number of aliphatic hydroxyl groups excluding tert-OH is 1. The molecular weight excluding hydrogens is 186 g/mol. The molecule has 0 aromatic heterocycles. The van der Waals surface area contributed by atoms with Crippen molar-refractivity contribution >= 4 is 0 Å². The van der Waals surface area contributed by atoms with E-state index in [2.05, 4.69) is 31.3 Å². The van der Waals surface area contributed by atoms with Crippen molar-refractivity contribution < 1.29 is 5.11 Å². The van der Waals surface area contributed by atoms with Crippen LogP contribution >= 0.6 is 0 Å². The van der Waals surface area contributed by atoms with Crippen molar-refractivity contribution in [3.8, 4) is 0 Å². The molecule has 2 atom stereocenters. The van der Waals surface area contributed by atoms with Gasteiger partial charge in [-0.15, -0.1) is 0 Å². The van der Waals surface area contributed by atoms with Gasteiger partial charge in [0.25, 0.3) is 0 Å². The lowest BCUT2D eigenvalue weighted by Gasteiger charge is -2.20. The van der Waals surface area contributed by atoms with Crippen molar-refractivity contribution in [1.29, 1.82) is 0 Å². The van der Waals surface area contributed by atoms with E-state index >= 15 is 0 Å². The van der Waals surface area contributed by atoms with Crippen molar-refractivity contribution in [3.05, 3.63) is 35.9 Å². The van der Waals surface area contributed by atoms with Gasteiger partial charge >= 0.3 is 0 Å². The van der Waals surface area contributed by atoms with Crippen molar-refractivity contribution in [3.63, 3.8) is 0 Å². The second-order valence-corrected chi connectivity index (χ2v) is 4.05. The molecule has 2 heteroatoms. The Labute approximate surface area is 92.3 Å². The highest BCUT2D eigenvalue weighted by molar-refractivity contribution is 5.15. The molecule has 2 nitrogen and oxygen atoms in total. The van der Waals surface area contributed by atoms with E-state index in [1.54, 1.807) is 0 Å². The molecule has 1 rings (SSSR count).